The molecule has 0 aliphatic heterocycles. The van der Waals surface area contributed by atoms with Crippen LogP contribution < -0.4 is 11.3 Å². The van der Waals surface area contributed by atoms with Gasteiger partial charge in [-0.05, 0) is 42.2 Å². The Morgan fingerprint density at radius 3 is 2.42 bits per heavy atom. The monoisotopic (exact) mass is 294 g/mol. The van der Waals surface area contributed by atoms with E-state index in [-0.39, 0.29) is 6.04 Å². The highest BCUT2D eigenvalue weighted by Crippen LogP contribution is 2.22. The fraction of sp³-hybridized carbons (Fsp3) is 0.200. The number of halogens is 2. The summed E-state index contributed by atoms with van der Waals surface area (Å²) in [5.74, 6) is 5.63. The molecule has 3 N–H and O–H groups in total. The normalized spacial score (nSPS) is 12.4. The number of nitrogens with one attached hydrogen (secondary N) is 1. The van der Waals surface area contributed by atoms with Crippen molar-refractivity contribution < 1.29 is 0 Å². The Bertz CT molecular complexity index is 529. The van der Waals surface area contributed by atoms with Crippen LogP contribution in [-0.4, -0.2) is 6.04 Å². The standard InChI is InChI=1S/C15H16Cl2N2/c16-13-6-7-15(17)12(9-13)10-14(19-18)8-11-4-2-1-3-5-11/h1-7,9,14,19H,8,10,18H2. The summed E-state index contributed by atoms with van der Waals surface area (Å²) in [6, 6.07) is 15.8. The van der Waals surface area contributed by atoms with E-state index in [4.69, 9.17) is 29.0 Å². The Labute approximate surface area is 123 Å². The molecule has 1 unspecified atom stereocenters. The van der Waals surface area contributed by atoms with E-state index in [9.17, 15) is 0 Å². The average Bonchev–Trinajstić information content (AvgIpc) is 2.43. The van der Waals surface area contributed by atoms with E-state index in [0.29, 0.717) is 5.02 Å². The predicted octanol–water partition coefficient (Wildman–Crippen LogP) is 3.61. The first-order chi connectivity index (χ1) is 9.19. The maximum Gasteiger partial charge on any atom is 0.0439 e. The molecule has 4 heteroatoms. The van der Waals surface area contributed by atoms with Crippen molar-refractivity contribution in [1.82, 2.24) is 5.43 Å². The van der Waals surface area contributed by atoms with Crippen molar-refractivity contribution in [2.45, 2.75) is 18.9 Å². The van der Waals surface area contributed by atoms with Crippen LogP contribution in [0.1, 0.15) is 11.1 Å². The Balaban J connectivity index is 2.09. The van der Waals surface area contributed by atoms with Crippen LogP contribution in [0.3, 0.4) is 0 Å². The number of hydrogen-bond donors (Lipinski definition) is 2. The average molecular weight is 295 g/mol. The molecule has 0 heterocycles. The van der Waals surface area contributed by atoms with Crippen LogP contribution in [0.15, 0.2) is 48.5 Å². The van der Waals surface area contributed by atoms with Crippen LogP contribution in [0.4, 0.5) is 0 Å². The highest BCUT2D eigenvalue weighted by Gasteiger charge is 2.11. The minimum Gasteiger partial charge on any atom is -0.271 e. The summed E-state index contributed by atoms with van der Waals surface area (Å²) in [5, 5.41) is 1.41. The quantitative estimate of drug-likeness (QED) is 0.653. The van der Waals surface area contributed by atoms with Gasteiger partial charge in [0.2, 0.25) is 0 Å². The number of nitrogens with two attached hydrogens (primary N) is 1. The summed E-state index contributed by atoms with van der Waals surface area (Å²) < 4.78 is 0. The van der Waals surface area contributed by atoms with Gasteiger partial charge in [0.15, 0.2) is 0 Å². The van der Waals surface area contributed by atoms with Gasteiger partial charge in [0.05, 0.1) is 0 Å². The zero-order valence-electron chi connectivity index (χ0n) is 10.4. The topological polar surface area (TPSA) is 38.0 Å². The highest BCUT2D eigenvalue weighted by atomic mass is 35.5. The molecule has 1 atom stereocenters. The van der Waals surface area contributed by atoms with Crippen LogP contribution in [0.2, 0.25) is 10.0 Å². The lowest BCUT2D eigenvalue weighted by Gasteiger charge is -2.17. The van der Waals surface area contributed by atoms with E-state index in [0.717, 1.165) is 23.4 Å². The van der Waals surface area contributed by atoms with E-state index in [1.165, 1.54) is 5.56 Å². The first kappa shape index (κ1) is 14.4. The molecular weight excluding hydrogens is 279 g/mol. The summed E-state index contributed by atoms with van der Waals surface area (Å²) >= 11 is 12.2. The lowest BCUT2D eigenvalue weighted by molar-refractivity contribution is 0.522. The van der Waals surface area contributed by atoms with Crippen molar-refractivity contribution in [2.24, 2.45) is 5.84 Å². The Morgan fingerprint density at radius 2 is 1.74 bits per heavy atom. The van der Waals surface area contributed by atoms with Crippen molar-refractivity contribution >= 4 is 23.2 Å². The SMILES string of the molecule is NNC(Cc1ccccc1)Cc1cc(Cl)ccc1Cl. The molecule has 0 spiro atoms. The molecule has 0 radical (unpaired) electrons. The third-order valence-corrected chi connectivity index (χ3v) is 3.64. The Morgan fingerprint density at radius 1 is 1.00 bits per heavy atom. The molecule has 0 amide bonds. The van der Waals surface area contributed by atoms with Gasteiger partial charge in [-0.1, -0.05) is 53.5 Å². The summed E-state index contributed by atoms with van der Waals surface area (Å²) in [7, 11) is 0. The van der Waals surface area contributed by atoms with Gasteiger partial charge >= 0.3 is 0 Å². The molecule has 0 aromatic heterocycles. The van der Waals surface area contributed by atoms with Crippen LogP contribution in [-0.2, 0) is 12.8 Å². The number of rotatable bonds is 5. The van der Waals surface area contributed by atoms with E-state index >= 15 is 0 Å². The molecule has 0 bridgehead atoms. The third kappa shape index (κ3) is 4.22. The number of benzene rings is 2. The number of hydrogen-bond acceptors (Lipinski definition) is 2. The molecule has 0 saturated carbocycles. The first-order valence-corrected chi connectivity index (χ1v) is 6.88. The largest absolute Gasteiger partial charge is 0.271 e. The molecule has 0 saturated heterocycles. The summed E-state index contributed by atoms with van der Waals surface area (Å²) in [4.78, 5) is 0. The van der Waals surface area contributed by atoms with Gasteiger partial charge in [-0.3, -0.25) is 11.3 Å². The van der Waals surface area contributed by atoms with Gasteiger partial charge in [0, 0.05) is 16.1 Å². The molecule has 2 rings (SSSR count). The molecule has 0 aliphatic rings. The van der Waals surface area contributed by atoms with Crippen molar-refractivity contribution in [3.05, 3.63) is 69.7 Å². The summed E-state index contributed by atoms with van der Waals surface area (Å²) in [6.07, 6.45) is 1.59. The lowest BCUT2D eigenvalue weighted by atomic mass is 9.99. The highest BCUT2D eigenvalue weighted by molar-refractivity contribution is 6.33. The summed E-state index contributed by atoms with van der Waals surface area (Å²) in [5.41, 5.74) is 5.09. The summed E-state index contributed by atoms with van der Waals surface area (Å²) in [6.45, 7) is 0. The molecule has 0 fully saturated rings. The van der Waals surface area contributed by atoms with E-state index < -0.39 is 0 Å². The number of hydrazine groups is 1. The molecule has 2 aromatic rings. The second-order valence-electron chi connectivity index (χ2n) is 4.49. The van der Waals surface area contributed by atoms with Crippen LogP contribution in [0.5, 0.6) is 0 Å². The van der Waals surface area contributed by atoms with Gasteiger partial charge in [-0.15, -0.1) is 0 Å². The molecule has 2 aromatic carbocycles. The molecule has 2 nitrogen and oxygen atoms in total. The van der Waals surface area contributed by atoms with Gasteiger partial charge in [0.25, 0.3) is 0 Å². The van der Waals surface area contributed by atoms with Gasteiger partial charge in [0.1, 0.15) is 0 Å². The predicted molar refractivity (Wildman–Crippen MR) is 81.4 cm³/mol. The van der Waals surface area contributed by atoms with E-state index in [1.54, 1.807) is 6.07 Å². The van der Waals surface area contributed by atoms with E-state index in [1.807, 2.05) is 30.3 Å². The molecule has 19 heavy (non-hydrogen) atoms. The molecule has 0 aliphatic carbocycles. The van der Waals surface area contributed by atoms with Gasteiger partial charge < -0.3 is 0 Å². The zero-order chi connectivity index (χ0) is 13.7. The van der Waals surface area contributed by atoms with E-state index in [2.05, 4.69) is 17.6 Å². The second kappa shape index (κ2) is 6.92. The Kier molecular flexibility index (Phi) is 5.23. The van der Waals surface area contributed by atoms with Crippen LogP contribution >= 0.6 is 23.2 Å². The second-order valence-corrected chi connectivity index (χ2v) is 5.34. The van der Waals surface area contributed by atoms with Crippen molar-refractivity contribution in [3.8, 4) is 0 Å². The van der Waals surface area contributed by atoms with Crippen LogP contribution in [0, 0.1) is 0 Å². The Hall–Kier alpha value is -1.06. The fourth-order valence-electron chi connectivity index (χ4n) is 2.05. The lowest BCUT2D eigenvalue weighted by Crippen LogP contribution is -2.38. The molecule has 100 valence electrons. The minimum absolute atomic E-state index is 0.123. The van der Waals surface area contributed by atoms with Crippen molar-refractivity contribution in [3.63, 3.8) is 0 Å². The van der Waals surface area contributed by atoms with Gasteiger partial charge in [-0.2, -0.15) is 0 Å². The van der Waals surface area contributed by atoms with Crippen LogP contribution in [0.25, 0.3) is 0 Å². The van der Waals surface area contributed by atoms with Crippen molar-refractivity contribution in [2.75, 3.05) is 0 Å². The van der Waals surface area contributed by atoms with Gasteiger partial charge in [-0.25, -0.2) is 0 Å². The smallest absolute Gasteiger partial charge is 0.0439 e. The third-order valence-electron chi connectivity index (χ3n) is 3.03. The minimum atomic E-state index is 0.123. The molecular formula is C15H16Cl2N2. The zero-order valence-corrected chi connectivity index (χ0v) is 12.0. The fourth-order valence-corrected chi connectivity index (χ4v) is 2.44. The maximum atomic E-state index is 6.17. The first-order valence-electron chi connectivity index (χ1n) is 6.13. The maximum absolute atomic E-state index is 6.17. The van der Waals surface area contributed by atoms with Crippen molar-refractivity contribution in [1.29, 1.82) is 0 Å².